The summed E-state index contributed by atoms with van der Waals surface area (Å²) >= 11 is 0. The first-order valence-corrected chi connectivity index (χ1v) is 13.3. The molecule has 7 nitrogen and oxygen atoms in total. The fourth-order valence-corrected chi connectivity index (χ4v) is 8.02. The molecule has 2 bridgehead atoms. The third-order valence-corrected chi connectivity index (χ3v) is 9.16. The van der Waals surface area contributed by atoms with E-state index in [0.717, 1.165) is 30.2 Å². The number of carbonyl (C=O) groups excluding carboxylic acids is 2. The Morgan fingerprint density at radius 1 is 1.09 bits per heavy atom. The van der Waals surface area contributed by atoms with Gasteiger partial charge in [-0.1, -0.05) is 45.0 Å². The van der Waals surface area contributed by atoms with Crippen LogP contribution in [-0.4, -0.2) is 48.7 Å². The second kappa shape index (κ2) is 8.31. The van der Waals surface area contributed by atoms with Gasteiger partial charge in [0.05, 0.1) is 10.5 Å². The van der Waals surface area contributed by atoms with Crippen LogP contribution in [0.25, 0.3) is 10.9 Å². The van der Waals surface area contributed by atoms with Crippen molar-refractivity contribution >= 4 is 32.7 Å². The summed E-state index contributed by atoms with van der Waals surface area (Å²) in [7, 11) is -3.77. The van der Waals surface area contributed by atoms with Crippen molar-refractivity contribution in [3.05, 3.63) is 65.9 Å². The molecule has 2 atom stereocenters. The van der Waals surface area contributed by atoms with Crippen LogP contribution in [0.5, 0.6) is 0 Å². The molecular formula is C27H30N2O5S. The number of nitrogens with zero attached hydrogens (tertiary/aromatic N) is 1. The average molecular weight is 495 g/mol. The lowest BCUT2D eigenvalue weighted by Crippen LogP contribution is -2.37. The molecule has 1 aliphatic carbocycles. The molecule has 2 heterocycles. The molecule has 0 unspecified atom stereocenters. The lowest BCUT2D eigenvalue weighted by Gasteiger charge is -2.39. The standard InChI is InChI=1S/C27H30N2O5S/c1-26(2)12-19-13-27(3,16-26)17-29(19)35(32,33)20-8-6-7-18(11-20)25(31)34-15-24(30)22-14-28-23-10-5-4-9-21(22)23/h4-11,14,19,28H,12-13,15-17H2,1-3H3/t19-,27+/m0/s1. The number of sulfonamides is 1. The normalized spacial score (nSPS) is 23.9. The molecule has 5 rings (SSSR count). The molecule has 8 heteroatoms. The first-order chi connectivity index (χ1) is 16.5. The number of aromatic nitrogens is 1. The van der Waals surface area contributed by atoms with Crippen molar-refractivity contribution < 1.29 is 22.7 Å². The number of nitrogens with one attached hydrogen (secondary N) is 1. The maximum atomic E-state index is 13.6. The molecule has 0 radical (unpaired) electrons. The SMILES string of the molecule is CC1(C)C[C@H]2C[C@@](C)(CN2S(=O)(=O)c2cccc(C(=O)OCC(=O)c3c[nH]c4ccccc34)c2)C1. The molecule has 2 aromatic carbocycles. The number of ketones is 1. The zero-order valence-corrected chi connectivity index (χ0v) is 21.0. The zero-order valence-electron chi connectivity index (χ0n) is 20.2. The summed E-state index contributed by atoms with van der Waals surface area (Å²) in [5.41, 5.74) is 1.42. The van der Waals surface area contributed by atoms with Gasteiger partial charge < -0.3 is 9.72 Å². The lowest BCUT2D eigenvalue weighted by atomic mass is 9.65. The maximum absolute atomic E-state index is 13.6. The predicted molar refractivity (Wildman–Crippen MR) is 133 cm³/mol. The van der Waals surface area contributed by atoms with Crippen LogP contribution < -0.4 is 0 Å². The van der Waals surface area contributed by atoms with Crippen LogP contribution in [0, 0.1) is 10.8 Å². The highest BCUT2D eigenvalue weighted by Gasteiger charge is 2.53. The summed E-state index contributed by atoms with van der Waals surface area (Å²) in [6.07, 6.45) is 4.26. The lowest BCUT2D eigenvalue weighted by molar-refractivity contribution is 0.0475. The molecule has 1 saturated carbocycles. The van der Waals surface area contributed by atoms with Crippen molar-refractivity contribution in [2.45, 2.75) is 51.0 Å². The molecule has 35 heavy (non-hydrogen) atoms. The minimum Gasteiger partial charge on any atom is -0.454 e. The van der Waals surface area contributed by atoms with Gasteiger partial charge in [0.1, 0.15) is 0 Å². The molecule has 1 aliphatic heterocycles. The molecule has 2 fully saturated rings. The number of fused-ring (bicyclic) bond motifs is 3. The average Bonchev–Trinajstić information content (AvgIpc) is 3.35. The third kappa shape index (κ3) is 4.41. The van der Waals surface area contributed by atoms with Gasteiger partial charge in [0.25, 0.3) is 0 Å². The van der Waals surface area contributed by atoms with Crippen LogP contribution in [0.2, 0.25) is 0 Å². The maximum Gasteiger partial charge on any atom is 0.338 e. The van der Waals surface area contributed by atoms with Crippen LogP contribution in [-0.2, 0) is 14.8 Å². The second-order valence-electron chi connectivity index (χ2n) is 11.0. The Kier molecular flexibility index (Phi) is 5.64. The quantitative estimate of drug-likeness (QED) is 0.392. The van der Waals surface area contributed by atoms with E-state index in [9.17, 15) is 18.0 Å². The number of rotatable bonds is 6. The number of ether oxygens (including phenoxy) is 1. The van der Waals surface area contributed by atoms with Crippen molar-refractivity contribution in [1.82, 2.24) is 9.29 Å². The largest absolute Gasteiger partial charge is 0.454 e. The van der Waals surface area contributed by atoms with E-state index in [4.69, 9.17) is 4.74 Å². The highest BCUT2D eigenvalue weighted by Crippen LogP contribution is 2.53. The van der Waals surface area contributed by atoms with E-state index in [-0.39, 0.29) is 33.1 Å². The number of benzene rings is 2. The van der Waals surface area contributed by atoms with Crippen molar-refractivity contribution in [3.63, 3.8) is 0 Å². The Hall–Kier alpha value is -2.97. The number of carbonyl (C=O) groups is 2. The number of para-hydroxylation sites is 1. The summed E-state index contributed by atoms with van der Waals surface area (Å²) in [6, 6.07) is 13.2. The topological polar surface area (TPSA) is 96.5 Å². The Labute approximate surface area is 205 Å². The molecule has 1 N–H and O–H groups in total. The van der Waals surface area contributed by atoms with Gasteiger partial charge in [0, 0.05) is 35.2 Å². The van der Waals surface area contributed by atoms with Crippen LogP contribution in [0.4, 0.5) is 0 Å². The van der Waals surface area contributed by atoms with Crippen molar-refractivity contribution in [1.29, 1.82) is 0 Å². The van der Waals surface area contributed by atoms with Gasteiger partial charge in [0.15, 0.2) is 6.61 Å². The molecule has 0 spiro atoms. The number of hydrogen-bond acceptors (Lipinski definition) is 5. The molecule has 3 aromatic rings. The Morgan fingerprint density at radius 2 is 1.86 bits per heavy atom. The number of hydrogen-bond donors (Lipinski definition) is 1. The minimum absolute atomic E-state index is 0.0429. The van der Waals surface area contributed by atoms with E-state index < -0.39 is 22.6 Å². The number of H-pyrrole nitrogens is 1. The molecule has 184 valence electrons. The van der Waals surface area contributed by atoms with E-state index in [1.807, 2.05) is 24.3 Å². The van der Waals surface area contributed by atoms with Gasteiger partial charge in [-0.25, -0.2) is 13.2 Å². The van der Waals surface area contributed by atoms with Gasteiger partial charge in [-0.15, -0.1) is 0 Å². The Balaban J connectivity index is 1.31. The van der Waals surface area contributed by atoms with Crippen molar-refractivity contribution in [2.75, 3.05) is 13.2 Å². The monoisotopic (exact) mass is 494 g/mol. The summed E-state index contributed by atoms with van der Waals surface area (Å²) in [5.74, 6) is -1.07. The highest BCUT2D eigenvalue weighted by atomic mass is 32.2. The number of Topliss-reactive ketones (excluding diaryl/α,β-unsaturated/α-hetero) is 1. The van der Waals surface area contributed by atoms with Crippen LogP contribution in [0.1, 0.15) is 60.7 Å². The summed E-state index contributed by atoms with van der Waals surface area (Å²) < 4.78 is 34.0. The number of esters is 1. The molecule has 1 aromatic heterocycles. The third-order valence-electron chi connectivity index (χ3n) is 7.27. The summed E-state index contributed by atoms with van der Waals surface area (Å²) in [5, 5.41) is 0.759. The first-order valence-electron chi connectivity index (χ1n) is 11.9. The second-order valence-corrected chi connectivity index (χ2v) is 12.9. The fraction of sp³-hybridized carbons (Fsp3) is 0.407. The van der Waals surface area contributed by atoms with Gasteiger partial charge in [0.2, 0.25) is 15.8 Å². The number of aromatic amines is 1. The smallest absolute Gasteiger partial charge is 0.338 e. The Bertz CT molecular complexity index is 1420. The summed E-state index contributed by atoms with van der Waals surface area (Å²) in [4.78, 5) is 28.5. The minimum atomic E-state index is -3.77. The van der Waals surface area contributed by atoms with Crippen LogP contribution in [0.15, 0.2) is 59.6 Å². The summed E-state index contributed by atoms with van der Waals surface area (Å²) in [6.45, 7) is 6.61. The molecule has 0 amide bonds. The Morgan fingerprint density at radius 3 is 2.66 bits per heavy atom. The van der Waals surface area contributed by atoms with E-state index in [2.05, 4.69) is 25.8 Å². The zero-order chi connectivity index (χ0) is 25.0. The fourth-order valence-electron chi connectivity index (χ4n) is 6.20. The molecule has 2 aliphatic rings. The van der Waals surface area contributed by atoms with Gasteiger partial charge in [-0.05, 0) is 54.4 Å². The predicted octanol–water partition coefficient (Wildman–Crippen LogP) is 4.80. The van der Waals surface area contributed by atoms with Crippen LogP contribution >= 0.6 is 0 Å². The molecular weight excluding hydrogens is 464 g/mol. The van der Waals surface area contributed by atoms with Crippen molar-refractivity contribution in [3.8, 4) is 0 Å². The van der Waals surface area contributed by atoms with Gasteiger partial charge >= 0.3 is 5.97 Å². The van der Waals surface area contributed by atoms with Crippen molar-refractivity contribution in [2.24, 2.45) is 10.8 Å². The van der Waals surface area contributed by atoms with E-state index in [0.29, 0.717) is 12.1 Å². The van der Waals surface area contributed by atoms with Crippen LogP contribution in [0.3, 0.4) is 0 Å². The van der Waals surface area contributed by atoms with E-state index in [1.165, 1.54) is 18.2 Å². The van der Waals surface area contributed by atoms with E-state index >= 15 is 0 Å². The van der Waals surface area contributed by atoms with Gasteiger partial charge in [-0.2, -0.15) is 4.31 Å². The highest BCUT2D eigenvalue weighted by molar-refractivity contribution is 7.89. The van der Waals surface area contributed by atoms with E-state index in [1.54, 1.807) is 16.6 Å². The molecule has 1 saturated heterocycles. The first kappa shape index (κ1) is 23.8. The van der Waals surface area contributed by atoms with Gasteiger partial charge in [-0.3, -0.25) is 4.79 Å².